The Morgan fingerprint density at radius 2 is 2.00 bits per heavy atom. The molecule has 2 aromatic rings. The maximum atomic E-state index is 12.6. The number of ether oxygens (including phenoxy) is 1. The first-order valence-corrected chi connectivity index (χ1v) is 6.57. The van der Waals surface area contributed by atoms with E-state index in [1.165, 1.54) is 7.11 Å². The summed E-state index contributed by atoms with van der Waals surface area (Å²) in [6.45, 7) is -0.583. The highest BCUT2D eigenvalue weighted by atomic mass is 19.1. The molecule has 0 aliphatic rings. The van der Waals surface area contributed by atoms with Gasteiger partial charge in [-0.1, -0.05) is 24.3 Å². The minimum atomic E-state index is -0.667. The number of nitrogens with two attached hydrogens (primary N) is 1. The maximum absolute atomic E-state index is 12.6. The van der Waals surface area contributed by atoms with Crippen molar-refractivity contribution in [3.8, 4) is 11.1 Å². The number of nitrogens with zero attached hydrogens (tertiary/aromatic N) is 1. The standard InChI is InChI=1S/C16H17FN2O2/c1-21-16(20)15(18)8-11-2-4-12(5-3-11)13-6-7-19-14(9-13)10-17/h2-7,9,15H,8,10,18H2,1H3. The number of hydrogen-bond donors (Lipinski definition) is 1. The Hall–Kier alpha value is -2.27. The topological polar surface area (TPSA) is 65.2 Å². The normalized spacial score (nSPS) is 12.0. The Balaban J connectivity index is 2.13. The van der Waals surface area contributed by atoms with Crippen molar-refractivity contribution in [2.75, 3.05) is 7.11 Å². The van der Waals surface area contributed by atoms with E-state index >= 15 is 0 Å². The van der Waals surface area contributed by atoms with Crippen LogP contribution in [0.25, 0.3) is 11.1 Å². The van der Waals surface area contributed by atoms with Crippen molar-refractivity contribution in [3.05, 3.63) is 53.9 Å². The van der Waals surface area contributed by atoms with Crippen LogP contribution in [0.4, 0.5) is 4.39 Å². The third-order valence-electron chi connectivity index (χ3n) is 3.20. The number of benzene rings is 1. The molecule has 1 aromatic heterocycles. The van der Waals surface area contributed by atoms with E-state index in [0.29, 0.717) is 12.1 Å². The molecule has 21 heavy (non-hydrogen) atoms. The fourth-order valence-corrected chi connectivity index (χ4v) is 2.05. The third kappa shape index (κ3) is 3.86. The van der Waals surface area contributed by atoms with Crippen molar-refractivity contribution in [2.45, 2.75) is 19.1 Å². The summed E-state index contributed by atoms with van der Waals surface area (Å²) in [6, 6.07) is 10.5. The zero-order valence-corrected chi connectivity index (χ0v) is 11.8. The van der Waals surface area contributed by atoms with Crippen LogP contribution in [0.3, 0.4) is 0 Å². The smallest absolute Gasteiger partial charge is 0.322 e. The number of methoxy groups -OCH3 is 1. The molecule has 0 bridgehead atoms. The molecule has 4 nitrogen and oxygen atoms in total. The van der Waals surface area contributed by atoms with Crippen LogP contribution in [-0.2, 0) is 22.6 Å². The Labute approximate surface area is 122 Å². The number of esters is 1. The fraction of sp³-hybridized carbons (Fsp3) is 0.250. The lowest BCUT2D eigenvalue weighted by Crippen LogP contribution is -2.33. The highest BCUT2D eigenvalue weighted by molar-refractivity contribution is 5.75. The average molecular weight is 288 g/mol. The second kappa shape index (κ2) is 6.95. The molecule has 1 aromatic carbocycles. The van der Waals surface area contributed by atoms with Gasteiger partial charge < -0.3 is 10.5 Å². The van der Waals surface area contributed by atoms with Crippen molar-refractivity contribution >= 4 is 5.97 Å². The summed E-state index contributed by atoms with van der Waals surface area (Å²) in [5.41, 5.74) is 8.93. The summed E-state index contributed by atoms with van der Waals surface area (Å²) in [4.78, 5) is 15.2. The van der Waals surface area contributed by atoms with Gasteiger partial charge in [0.2, 0.25) is 0 Å². The molecule has 2 N–H and O–H groups in total. The van der Waals surface area contributed by atoms with E-state index in [2.05, 4.69) is 9.72 Å². The molecule has 1 unspecified atom stereocenters. The highest BCUT2D eigenvalue weighted by Gasteiger charge is 2.14. The Bertz CT molecular complexity index is 614. The Kier molecular flexibility index (Phi) is 5.00. The molecule has 0 spiro atoms. The first kappa shape index (κ1) is 15.1. The Morgan fingerprint density at radius 1 is 1.29 bits per heavy atom. The zero-order valence-electron chi connectivity index (χ0n) is 11.8. The quantitative estimate of drug-likeness (QED) is 0.857. The monoisotopic (exact) mass is 288 g/mol. The highest BCUT2D eigenvalue weighted by Crippen LogP contribution is 2.20. The number of carbonyl (C=O) groups is 1. The molecule has 1 heterocycles. The summed E-state index contributed by atoms with van der Waals surface area (Å²) in [5, 5.41) is 0. The summed E-state index contributed by atoms with van der Waals surface area (Å²) < 4.78 is 17.2. The van der Waals surface area contributed by atoms with Crippen LogP contribution in [0.15, 0.2) is 42.6 Å². The molecule has 0 saturated carbocycles. The predicted molar refractivity (Wildman–Crippen MR) is 78.2 cm³/mol. The van der Waals surface area contributed by atoms with Crippen LogP contribution < -0.4 is 5.73 Å². The van der Waals surface area contributed by atoms with E-state index in [1.807, 2.05) is 30.3 Å². The van der Waals surface area contributed by atoms with Crippen LogP contribution in [-0.4, -0.2) is 24.1 Å². The number of alkyl halides is 1. The lowest BCUT2D eigenvalue weighted by molar-refractivity contribution is -0.142. The lowest BCUT2D eigenvalue weighted by Gasteiger charge is -2.10. The van der Waals surface area contributed by atoms with Gasteiger partial charge in [-0.15, -0.1) is 0 Å². The van der Waals surface area contributed by atoms with Gasteiger partial charge in [-0.05, 0) is 35.2 Å². The lowest BCUT2D eigenvalue weighted by atomic mass is 10.0. The summed E-state index contributed by atoms with van der Waals surface area (Å²) in [5.74, 6) is -0.430. The van der Waals surface area contributed by atoms with Gasteiger partial charge in [0.25, 0.3) is 0 Å². The molecule has 0 saturated heterocycles. The Morgan fingerprint density at radius 3 is 2.62 bits per heavy atom. The number of pyridine rings is 1. The summed E-state index contributed by atoms with van der Waals surface area (Å²) >= 11 is 0. The van der Waals surface area contributed by atoms with Crippen molar-refractivity contribution in [3.63, 3.8) is 0 Å². The number of aromatic nitrogens is 1. The van der Waals surface area contributed by atoms with Crippen LogP contribution >= 0.6 is 0 Å². The van der Waals surface area contributed by atoms with Gasteiger partial charge in [0, 0.05) is 6.20 Å². The minimum Gasteiger partial charge on any atom is -0.468 e. The van der Waals surface area contributed by atoms with Gasteiger partial charge in [-0.3, -0.25) is 9.78 Å². The van der Waals surface area contributed by atoms with Gasteiger partial charge in [-0.25, -0.2) is 4.39 Å². The molecule has 5 heteroatoms. The molecule has 0 aliphatic carbocycles. The number of hydrogen-bond acceptors (Lipinski definition) is 4. The van der Waals surface area contributed by atoms with Gasteiger partial charge in [0.15, 0.2) is 0 Å². The van der Waals surface area contributed by atoms with E-state index in [4.69, 9.17) is 5.73 Å². The second-order valence-electron chi connectivity index (χ2n) is 4.70. The third-order valence-corrected chi connectivity index (χ3v) is 3.20. The minimum absolute atomic E-state index is 0.407. The number of rotatable bonds is 5. The number of halogens is 1. The molecule has 2 rings (SSSR count). The second-order valence-corrected chi connectivity index (χ2v) is 4.70. The first-order chi connectivity index (χ1) is 10.1. The molecule has 0 amide bonds. The molecule has 1 atom stereocenters. The average Bonchev–Trinajstić information content (AvgIpc) is 2.54. The maximum Gasteiger partial charge on any atom is 0.322 e. The van der Waals surface area contributed by atoms with Gasteiger partial charge >= 0.3 is 5.97 Å². The molecule has 0 fully saturated rings. The van der Waals surface area contributed by atoms with Crippen LogP contribution in [0.5, 0.6) is 0 Å². The van der Waals surface area contributed by atoms with Crippen molar-refractivity contribution in [2.24, 2.45) is 5.73 Å². The predicted octanol–water partition coefficient (Wildman–Crippen LogP) is 2.26. The van der Waals surface area contributed by atoms with Crippen molar-refractivity contribution < 1.29 is 13.9 Å². The largest absolute Gasteiger partial charge is 0.468 e. The van der Waals surface area contributed by atoms with Crippen molar-refractivity contribution in [1.82, 2.24) is 4.98 Å². The van der Waals surface area contributed by atoms with Crippen molar-refractivity contribution in [1.29, 1.82) is 0 Å². The fourth-order valence-electron chi connectivity index (χ4n) is 2.05. The van der Waals surface area contributed by atoms with E-state index in [1.54, 1.807) is 12.3 Å². The molecule has 0 radical (unpaired) electrons. The van der Waals surface area contributed by atoms with E-state index in [-0.39, 0.29) is 0 Å². The zero-order chi connectivity index (χ0) is 15.2. The molecule has 0 aliphatic heterocycles. The van der Waals surface area contributed by atoms with Crippen LogP contribution in [0, 0.1) is 0 Å². The van der Waals surface area contributed by atoms with Crippen LogP contribution in [0.2, 0.25) is 0 Å². The van der Waals surface area contributed by atoms with Gasteiger partial charge in [0.05, 0.1) is 12.8 Å². The van der Waals surface area contributed by atoms with E-state index < -0.39 is 18.7 Å². The summed E-state index contributed by atoms with van der Waals surface area (Å²) in [7, 11) is 1.32. The molecule has 110 valence electrons. The van der Waals surface area contributed by atoms with Gasteiger partial charge in [0.1, 0.15) is 12.7 Å². The number of carbonyl (C=O) groups excluding carboxylic acids is 1. The van der Waals surface area contributed by atoms with Gasteiger partial charge in [-0.2, -0.15) is 0 Å². The molecular weight excluding hydrogens is 271 g/mol. The van der Waals surface area contributed by atoms with E-state index in [9.17, 15) is 9.18 Å². The summed E-state index contributed by atoms with van der Waals surface area (Å²) in [6.07, 6.45) is 2.00. The van der Waals surface area contributed by atoms with E-state index in [0.717, 1.165) is 16.7 Å². The molecular formula is C16H17FN2O2. The first-order valence-electron chi connectivity index (χ1n) is 6.57. The van der Waals surface area contributed by atoms with Crippen LogP contribution in [0.1, 0.15) is 11.3 Å². The SMILES string of the molecule is COC(=O)C(N)Cc1ccc(-c2ccnc(CF)c2)cc1.